The number of rotatable bonds is 3. The molecule has 1 aliphatic heterocycles. The quantitative estimate of drug-likeness (QED) is 0.594. The number of aromatic nitrogens is 2. The van der Waals surface area contributed by atoms with Crippen molar-refractivity contribution in [2.24, 2.45) is 0 Å². The largest absolute Gasteiger partial charge is 0.455 e. The molecule has 9 heteroatoms. The number of imide groups is 1. The molecule has 2 amide bonds. The maximum Gasteiger partial charge on any atom is 0.384 e. The molecule has 2 heterocycles. The Morgan fingerprint density at radius 3 is 1.85 bits per heavy atom. The molecule has 0 fully saturated rings. The van der Waals surface area contributed by atoms with Crippen molar-refractivity contribution in [3.05, 3.63) is 59.2 Å². The van der Waals surface area contributed by atoms with Crippen molar-refractivity contribution in [1.29, 1.82) is 0 Å². The SMILES string of the molecule is CC(C)(C)OC(=O)c1nccnc1C(=O)ON1C(=O)c2ccccc2C1=O. The lowest BCUT2D eigenvalue weighted by Gasteiger charge is -2.19. The van der Waals surface area contributed by atoms with Gasteiger partial charge >= 0.3 is 11.9 Å². The van der Waals surface area contributed by atoms with Crippen molar-refractivity contribution in [2.45, 2.75) is 26.4 Å². The van der Waals surface area contributed by atoms with E-state index >= 15 is 0 Å². The molecule has 3 rings (SSSR count). The Kier molecular flexibility index (Phi) is 4.44. The van der Waals surface area contributed by atoms with Gasteiger partial charge in [0.15, 0.2) is 11.4 Å². The smallest absolute Gasteiger partial charge is 0.384 e. The second-order valence-corrected chi connectivity index (χ2v) is 6.58. The lowest BCUT2D eigenvalue weighted by atomic mass is 10.1. The lowest BCUT2D eigenvalue weighted by Crippen LogP contribution is -2.34. The van der Waals surface area contributed by atoms with Crippen LogP contribution < -0.4 is 0 Å². The third-order valence-corrected chi connectivity index (χ3v) is 3.41. The van der Waals surface area contributed by atoms with Crippen LogP contribution >= 0.6 is 0 Å². The van der Waals surface area contributed by atoms with Gasteiger partial charge in [-0.3, -0.25) is 9.59 Å². The molecule has 0 saturated carbocycles. The molecule has 0 radical (unpaired) electrons. The summed E-state index contributed by atoms with van der Waals surface area (Å²) in [6.07, 6.45) is 2.38. The molecule has 0 aliphatic carbocycles. The van der Waals surface area contributed by atoms with E-state index in [1.54, 1.807) is 32.9 Å². The molecular weight excluding hydrogens is 354 g/mol. The highest BCUT2D eigenvalue weighted by molar-refractivity contribution is 6.21. The normalized spacial score (nSPS) is 13.4. The van der Waals surface area contributed by atoms with Gasteiger partial charge in [0.25, 0.3) is 11.8 Å². The minimum Gasteiger partial charge on any atom is -0.455 e. The van der Waals surface area contributed by atoms with E-state index in [1.165, 1.54) is 24.5 Å². The second kappa shape index (κ2) is 6.60. The zero-order valence-electron chi connectivity index (χ0n) is 14.8. The number of amides is 2. The van der Waals surface area contributed by atoms with Crippen LogP contribution in [-0.2, 0) is 9.57 Å². The molecular formula is C18H15N3O6. The van der Waals surface area contributed by atoms with Crippen LogP contribution in [0.1, 0.15) is 62.5 Å². The molecule has 1 aromatic carbocycles. The maximum atomic E-state index is 12.5. The van der Waals surface area contributed by atoms with Gasteiger partial charge in [-0.1, -0.05) is 17.2 Å². The van der Waals surface area contributed by atoms with Crippen molar-refractivity contribution >= 4 is 23.8 Å². The first-order valence-electron chi connectivity index (χ1n) is 7.93. The van der Waals surface area contributed by atoms with E-state index in [0.29, 0.717) is 5.06 Å². The molecule has 0 saturated heterocycles. The van der Waals surface area contributed by atoms with E-state index in [9.17, 15) is 19.2 Å². The fraction of sp³-hybridized carbons (Fsp3) is 0.222. The predicted octanol–water partition coefficient (Wildman–Crippen LogP) is 1.80. The van der Waals surface area contributed by atoms with Gasteiger partial charge in [0.2, 0.25) is 0 Å². The van der Waals surface area contributed by atoms with Gasteiger partial charge in [0.05, 0.1) is 11.1 Å². The number of carbonyl (C=O) groups is 4. The first-order valence-corrected chi connectivity index (χ1v) is 7.93. The van der Waals surface area contributed by atoms with Gasteiger partial charge in [-0.05, 0) is 32.9 Å². The molecule has 138 valence electrons. The zero-order chi connectivity index (χ0) is 19.8. The number of nitrogens with zero attached hydrogens (tertiary/aromatic N) is 3. The summed E-state index contributed by atoms with van der Waals surface area (Å²) in [6, 6.07) is 6.05. The van der Waals surface area contributed by atoms with Gasteiger partial charge in [-0.15, -0.1) is 0 Å². The number of benzene rings is 1. The number of ether oxygens (including phenoxy) is 1. The van der Waals surface area contributed by atoms with Crippen molar-refractivity contribution in [1.82, 2.24) is 15.0 Å². The number of hydrogen-bond acceptors (Lipinski definition) is 8. The summed E-state index contributed by atoms with van der Waals surface area (Å²) < 4.78 is 5.18. The summed E-state index contributed by atoms with van der Waals surface area (Å²) in [4.78, 5) is 61.8. The minimum absolute atomic E-state index is 0.113. The van der Waals surface area contributed by atoms with E-state index in [2.05, 4.69) is 9.97 Å². The number of carbonyl (C=O) groups excluding carboxylic acids is 4. The maximum absolute atomic E-state index is 12.5. The molecule has 0 bridgehead atoms. The van der Waals surface area contributed by atoms with Gasteiger partial charge in [0, 0.05) is 12.4 Å². The highest BCUT2D eigenvalue weighted by Crippen LogP contribution is 2.23. The monoisotopic (exact) mass is 369 g/mol. The van der Waals surface area contributed by atoms with Crippen molar-refractivity contribution in [3.8, 4) is 0 Å². The van der Waals surface area contributed by atoms with E-state index in [4.69, 9.17) is 9.57 Å². The topological polar surface area (TPSA) is 116 Å². The molecule has 2 aromatic rings. The molecule has 1 aliphatic rings. The third-order valence-electron chi connectivity index (χ3n) is 3.41. The average molecular weight is 369 g/mol. The van der Waals surface area contributed by atoms with E-state index in [-0.39, 0.29) is 16.8 Å². The van der Waals surface area contributed by atoms with Gasteiger partial charge < -0.3 is 9.57 Å². The van der Waals surface area contributed by atoms with Crippen molar-refractivity contribution in [3.63, 3.8) is 0 Å². The average Bonchev–Trinajstić information content (AvgIpc) is 2.85. The fourth-order valence-electron chi connectivity index (χ4n) is 2.34. The summed E-state index contributed by atoms with van der Waals surface area (Å²) in [7, 11) is 0. The van der Waals surface area contributed by atoms with Crippen LogP contribution in [0.25, 0.3) is 0 Å². The van der Waals surface area contributed by atoms with Crippen LogP contribution in [0.5, 0.6) is 0 Å². The summed E-state index contributed by atoms with van der Waals surface area (Å²) in [5, 5.41) is 0.334. The Bertz CT molecular complexity index is 929. The number of hydrogen-bond donors (Lipinski definition) is 0. The number of esters is 1. The highest BCUT2D eigenvalue weighted by Gasteiger charge is 2.39. The first-order chi connectivity index (χ1) is 12.7. The highest BCUT2D eigenvalue weighted by atomic mass is 16.7. The lowest BCUT2D eigenvalue weighted by molar-refractivity contribution is -0.0590. The summed E-state index contributed by atoms with van der Waals surface area (Å²) in [5.74, 6) is -3.64. The van der Waals surface area contributed by atoms with E-state index < -0.39 is 35.0 Å². The fourth-order valence-corrected chi connectivity index (χ4v) is 2.34. The predicted molar refractivity (Wildman–Crippen MR) is 89.6 cm³/mol. The molecule has 0 N–H and O–H groups in total. The van der Waals surface area contributed by atoms with Crippen molar-refractivity contribution < 1.29 is 28.8 Å². The second-order valence-electron chi connectivity index (χ2n) is 6.58. The Hall–Kier alpha value is -3.62. The molecule has 0 atom stereocenters. The Morgan fingerprint density at radius 2 is 1.37 bits per heavy atom. The van der Waals surface area contributed by atoms with E-state index in [1.807, 2.05) is 0 Å². The third kappa shape index (κ3) is 3.52. The van der Waals surface area contributed by atoms with Crippen molar-refractivity contribution in [2.75, 3.05) is 0 Å². The molecule has 9 nitrogen and oxygen atoms in total. The molecule has 1 aromatic heterocycles. The minimum atomic E-state index is -1.18. The Balaban J connectivity index is 1.85. The van der Waals surface area contributed by atoms with Crippen LogP contribution in [-0.4, -0.2) is 44.4 Å². The van der Waals surface area contributed by atoms with Crippen LogP contribution in [0.4, 0.5) is 0 Å². The van der Waals surface area contributed by atoms with Gasteiger partial charge in [-0.25, -0.2) is 19.6 Å². The summed E-state index contributed by atoms with van der Waals surface area (Å²) >= 11 is 0. The first kappa shape index (κ1) is 18.2. The summed E-state index contributed by atoms with van der Waals surface area (Å²) in [5.41, 5.74) is -1.45. The molecule has 27 heavy (non-hydrogen) atoms. The number of fused-ring (bicyclic) bond motifs is 1. The molecule has 0 unspecified atom stereocenters. The van der Waals surface area contributed by atoms with Gasteiger partial charge in [0.1, 0.15) is 5.60 Å². The van der Waals surface area contributed by atoms with E-state index in [0.717, 1.165) is 0 Å². The Labute approximate surface area is 153 Å². The number of hydroxylamine groups is 2. The van der Waals surface area contributed by atoms with Crippen LogP contribution in [0.3, 0.4) is 0 Å². The zero-order valence-corrected chi connectivity index (χ0v) is 14.8. The van der Waals surface area contributed by atoms with Crippen LogP contribution in [0, 0.1) is 0 Å². The molecule has 0 spiro atoms. The van der Waals surface area contributed by atoms with Gasteiger partial charge in [-0.2, -0.15) is 0 Å². The standard InChI is InChI=1S/C18H15N3O6/c1-18(2,3)26-16(24)12-13(20-9-8-19-12)17(25)27-21-14(22)10-6-4-5-7-11(10)15(21)23/h4-9H,1-3H3. The van der Waals surface area contributed by atoms with Crippen LogP contribution in [0.15, 0.2) is 36.7 Å². The van der Waals surface area contributed by atoms with Crippen LogP contribution in [0.2, 0.25) is 0 Å². The summed E-state index contributed by atoms with van der Waals surface area (Å²) in [6.45, 7) is 4.95. The Morgan fingerprint density at radius 1 is 0.889 bits per heavy atom.